The SMILES string of the molecule is CCOc1ccc(C(=O)N(C(C)CC)C(C)CC)cc1. The van der Waals surface area contributed by atoms with Gasteiger partial charge < -0.3 is 9.64 Å². The number of amides is 1. The summed E-state index contributed by atoms with van der Waals surface area (Å²) < 4.78 is 5.41. The molecule has 0 heterocycles. The Kier molecular flexibility index (Phi) is 6.56. The lowest BCUT2D eigenvalue weighted by Crippen LogP contribution is -2.44. The van der Waals surface area contributed by atoms with Crippen molar-refractivity contribution in [2.24, 2.45) is 0 Å². The molecule has 2 atom stereocenters. The van der Waals surface area contributed by atoms with Crippen molar-refractivity contribution in [2.45, 2.75) is 59.5 Å². The van der Waals surface area contributed by atoms with Crippen LogP contribution in [0.5, 0.6) is 5.75 Å². The second kappa shape index (κ2) is 7.93. The molecule has 0 aliphatic heterocycles. The Bertz CT molecular complexity index is 404. The Labute approximate surface area is 122 Å². The van der Waals surface area contributed by atoms with Gasteiger partial charge in [0.2, 0.25) is 0 Å². The Morgan fingerprint density at radius 1 is 1.05 bits per heavy atom. The summed E-state index contributed by atoms with van der Waals surface area (Å²) in [5.74, 6) is 0.916. The summed E-state index contributed by atoms with van der Waals surface area (Å²) in [7, 11) is 0. The molecule has 0 bridgehead atoms. The van der Waals surface area contributed by atoms with Crippen molar-refractivity contribution in [3.63, 3.8) is 0 Å². The standard InChI is InChI=1S/C17H27NO2/c1-6-13(4)18(14(5)7-2)17(19)15-9-11-16(12-10-15)20-8-3/h9-14H,6-8H2,1-5H3. The zero-order valence-electron chi connectivity index (χ0n) is 13.3. The van der Waals surface area contributed by atoms with Crippen molar-refractivity contribution in [1.29, 1.82) is 0 Å². The highest BCUT2D eigenvalue weighted by molar-refractivity contribution is 5.94. The molecule has 0 N–H and O–H groups in total. The van der Waals surface area contributed by atoms with Crippen LogP contribution >= 0.6 is 0 Å². The van der Waals surface area contributed by atoms with Crippen LogP contribution in [0.4, 0.5) is 0 Å². The Balaban J connectivity index is 2.93. The van der Waals surface area contributed by atoms with E-state index in [0.29, 0.717) is 6.61 Å². The van der Waals surface area contributed by atoms with Gasteiger partial charge in [-0.15, -0.1) is 0 Å². The number of carbonyl (C=O) groups is 1. The Morgan fingerprint density at radius 2 is 1.55 bits per heavy atom. The van der Waals surface area contributed by atoms with Gasteiger partial charge in [0.1, 0.15) is 5.75 Å². The number of hydrogen-bond acceptors (Lipinski definition) is 2. The molecule has 3 nitrogen and oxygen atoms in total. The van der Waals surface area contributed by atoms with E-state index in [4.69, 9.17) is 4.74 Å². The van der Waals surface area contributed by atoms with E-state index in [0.717, 1.165) is 24.2 Å². The molecule has 0 saturated carbocycles. The van der Waals surface area contributed by atoms with E-state index >= 15 is 0 Å². The molecule has 0 spiro atoms. The van der Waals surface area contributed by atoms with E-state index in [1.807, 2.05) is 36.1 Å². The summed E-state index contributed by atoms with van der Waals surface area (Å²) in [5.41, 5.74) is 0.731. The molecule has 1 rings (SSSR count). The van der Waals surface area contributed by atoms with Crippen LogP contribution in [-0.2, 0) is 0 Å². The zero-order chi connectivity index (χ0) is 15.1. The van der Waals surface area contributed by atoms with Crippen molar-refractivity contribution in [3.8, 4) is 5.75 Å². The van der Waals surface area contributed by atoms with Crippen LogP contribution in [0.1, 0.15) is 57.8 Å². The van der Waals surface area contributed by atoms with Gasteiger partial charge >= 0.3 is 0 Å². The fourth-order valence-electron chi connectivity index (χ4n) is 2.24. The maximum absolute atomic E-state index is 12.7. The molecule has 3 heteroatoms. The second-order valence-corrected chi connectivity index (χ2v) is 5.18. The van der Waals surface area contributed by atoms with Gasteiger partial charge in [-0.1, -0.05) is 13.8 Å². The molecule has 0 aliphatic carbocycles. The first kappa shape index (κ1) is 16.5. The highest BCUT2D eigenvalue weighted by Gasteiger charge is 2.24. The van der Waals surface area contributed by atoms with Crippen molar-refractivity contribution in [3.05, 3.63) is 29.8 Å². The molecule has 1 aromatic rings. The molecular weight excluding hydrogens is 250 g/mol. The average Bonchev–Trinajstić information content (AvgIpc) is 2.47. The Hall–Kier alpha value is -1.51. The quantitative estimate of drug-likeness (QED) is 0.750. The van der Waals surface area contributed by atoms with Crippen LogP contribution in [0, 0.1) is 0 Å². The summed E-state index contributed by atoms with van der Waals surface area (Å²) in [5, 5.41) is 0. The minimum atomic E-state index is 0.108. The molecule has 0 aromatic heterocycles. The predicted octanol–water partition coefficient (Wildman–Crippen LogP) is 4.12. The van der Waals surface area contributed by atoms with Crippen molar-refractivity contribution >= 4 is 5.91 Å². The monoisotopic (exact) mass is 277 g/mol. The molecule has 0 radical (unpaired) electrons. The molecular formula is C17H27NO2. The largest absolute Gasteiger partial charge is 0.494 e. The first-order valence-electron chi connectivity index (χ1n) is 7.60. The van der Waals surface area contributed by atoms with Gasteiger partial charge in [-0.25, -0.2) is 0 Å². The second-order valence-electron chi connectivity index (χ2n) is 5.18. The molecule has 1 aromatic carbocycles. The van der Waals surface area contributed by atoms with Crippen molar-refractivity contribution < 1.29 is 9.53 Å². The van der Waals surface area contributed by atoms with Crippen LogP contribution in [0.3, 0.4) is 0 Å². The smallest absolute Gasteiger partial charge is 0.254 e. The summed E-state index contributed by atoms with van der Waals surface area (Å²) in [6, 6.07) is 7.94. The first-order valence-corrected chi connectivity index (χ1v) is 7.60. The van der Waals surface area contributed by atoms with Crippen LogP contribution in [0.25, 0.3) is 0 Å². The highest BCUT2D eigenvalue weighted by Crippen LogP contribution is 2.19. The third-order valence-corrected chi connectivity index (χ3v) is 3.78. The van der Waals surface area contributed by atoms with E-state index < -0.39 is 0 Å². The molecule has 0 fully saturated rings. The van der Waals surface area contributed by atoms with E-state index in [2.05, 4.69) is 27.7 Å². The molecule has 1 amide bonds. The minimum Gasteiger partial charge on any atom is -0.494 e. The summed E-state index contributed by atoms with van der Waals surface area (Å²) in [6.07, 6.45) is 1.93. The number of rotatable bonds is 7. The molecule has 2 unspecified atom stereocenters. The van der Waals surface area contributed by atoms with Gasteiger partial charge in [-0.05, 0) is 57.9 Å². The van der Waals surface area contributed by atoms with Crippen LogP contribution < -0.4 is 4.74 Å². The van der Waals surface area contributed by atoms with Gasteiger partial charge in [-0.2, -0.15) is 0 Å². The van der Waals surface area contributed by atoms with E-state index in [9.17, 15) is 4.79 Å². The van der Waals surface area contributed by atoms with Gasteiger partial charge in [0.15, 0.2) is 0 Å². The summed E-state index contributed by atoms with van der Waals surface area (Å²) >= 11 is 0. The first-order chi connectivity index (χ1) is 9.54. The summed E-state index contributed by atoms with van der Waals surface area (Å²) in [4.78, 5) is 14.7. The lowest BCUT2D eigenvalue weighted by Gasteiger charge is -2.34. The van der Waals surface area contributed by atoms with Crippen LogP contribution in [-0.4, -0.2) is 29.5 Å². The van der Waals surface area contributed by atoms with Gasteiger partial charge in [0.05, 0.1) is 6.61 Å². The van der Waals surface area contributed by atoms with E-state index in [1.54, 1.807) is 0 Å². The lowest BCUT2D eigenvalue weighted by atomic mass is 10.1. The zero-order valence-corrected chi connectivity index (χ0v) is 13.3. The Morgan fingerprint density at radius 3 is 1.95 bits per heavy atom. The third kappa shape index (κ3) is 3.99. The van der Waals surface area contributed by atoms with Crippen molar-refractivity contribution in [1.82, 2.24) is 4.90 Å². The van der Waals surface area contributed by atoms with Gasteiger partial charge in [0, 0.05) is 17.6 Å². The topological polar surface area (TPSA) is 29.5 Å². The molecule has 0 saturated heterocycles. The highest BCUT2D eigenvalue weighted by atomic mass is 16.5. The van der Waals surface area contributed by atoms with Crippen LogP contribution in [0.15, 0.2) is 24.3 Å². The number of ether oxygens (including phenoxy) is 1. The molecule has 112 valence electrons. The number of carbonyl (C=O) groups excluding carboxylic acids is 1. The third-order valence-electron chi connectivity index (χ3n) is 3.78. The lowest BCUT2D eigenvalue weighted by molar-refractivity contribution is 0.0598. The maximum atomic E-state index is 12.7. The fourth-order valence-corrected chi connectivity index (χ4v) is 2.24. The fraction of sp³-hybridized carbons (Fsp3) is 0.588. The summed E-state index contributed by atoms with van der Waals surface area (Å²) in [6.45, 7) is 11.0. The normalized spacial score (nSPS) is 13.7. The average molecular weight is 277 g/mol. The van der Waals surface area contributed by atoms with Crippen LogP contribution in [0.2, 0.25) is 0 Å². The van der Waals surface area contributed by atoms with Gasteiger partial charge in [-0.3, -0.25) is 4.79 Å². The number of hydrogen-bond donors (Lipinski definition) is 0. The minimum absolute atomic E-state index is 0.108. The van der Waals surface area contributed by atoms with E-state index in [1.165, 1.54) is 0 Å². The van der Waals surface area contributed by atoms with E-state index in [-0.39, 0.29) is 18.0 Å². The van der Waals surface area contributed by atoms with Crippen molar-refractivity contribution in [2.75, 3.05) is 6.61 Å². The predicted molar refractivity (Wildman–Crippen MR) is 83.3 cm³/mol. The van der Waals surface area contributed by atoms with Gasteiger partial charge in [0.25, 0.3) is 5.91 Å². The molecule has 20 heavy (non-hydrogen) atoms. The maximum Gasteiger partial charge on any atom is 0.254 e. The number of benzene rings is 1. The number of nitrogens with zero attached hydrogens (tertiary/aromatic N) is 1. The molecule has 0 aliphatic rings.